The van der Waals surface area contributed by atoms with Crippen molar-refractivity contribution in [2.45, 2.75) is 25.4 Å². The van der Waals surface area contributed by atoms with Crippen molar-refractivity contribution >= 4 is 28.5 Å². The maximum atomic E-state index is 12.4. The molecule has 2 aliphatic heterocycles. The highest BCUT2D eigenvalue weighted by Gasteiger charge is 2.33. The minimum absolute atomic E-state index is 0.0373. The molecule has 2 N–H and O–H groups in total. The van der Waals surface area contributed by atoms with Gasteiger partial charge >= 0.3 is 0 Å². The fourth-order valence-electron chi connectivity index (χ4n) is 3.39. The Labute approximate surface area is 159 Å². The van der Waals surface area contributed by atoms with E-state index in [1.807, 2.05) is 13.0 Å². The molecule has 0 spiro atoms. The van der Waals surface area contributed by atoms with Crippen LogP contribution in [0.3, 0.4) is 0 Å². The van der Waals surface area contributed by atoms with Crippen LogP contribution in [0.4, 0.5) is 0 Å². The predicted molar refractivity (Wildman–Crippen MR) is 99.5 cm³/mol. The molecule has 4 heterocycles. The van der Waals surface area contributed by atoms with Crippen LogP contribution in [0.2, 0.25) is 0 Å². The van der Waals surface area contributed by atoms with Gasteiger partial charge in [-0.15, -0.1) is 0 Å². The second-order valence-corrected chi connectivity index (χ2v) is 7.38. The van der Waals surface area contributed by atoms with Crippen molar-refractivity contribution in [3.05, 3.63) is 32.9 Å². The first kappa shape index (κ1) is 16.9. The molecule has 1 amide bonds. The first-order valence-corrected chi connectivity index (χ1v) is 9.40. The zero-order valence-corrected chi connectivity index (χ0v) is 16.0. The summed E-state index contributed by atoms with van der Waals surface area (Å²) in [6.45, 7) is 4.35. The average Bonchev–Trinajstić information content (AvgIpc) is 2.97. The minimum Gasteiger partial charge on any atom is -0.376 e. The molecule has 2 aromatic heterocycles. The van der Waals surface area contributed by atoms with Gasteiger partial charge < -0.3 is 19.8 Å². The van der Waals surface area contributed by atoms with E-state index in [1.165, 1.54) is 0 Å². The van der Waals surface area contributed by atoms with Gasteiger partial charge in [-0.25, -0.2) is 9.97 Å². The van der Waals surface area contributed by atoms with E-state index in [9.17, 15) is 4.79 Å². The number of hydrogen-bond donors (Lipinski definition) is 2. The van der Waals surface area contributed by atoms with Crippen molar-refractivity contribution < 1.29 is 14.3 Å². The smallest absolute Gasteiger partial charge is 0.254 e. The number of carbonyl (C=O) groups excluding carboxylic acids is 1. The fourth-order valence-corrected chi connectivity index (χ4v) is 4.34. The summed E-state index contributed by atoms with van der Waals surface area (Å²) in [7, 11) is 0. The summed E-state index contributed by atoms with van der Waals surface area (Å²) in [5, 5.41) is 3.00. The van der Waals surface area contributed by atoms with Crippen LogP contribution in [-0.4, -0.2) is 53.3 Å². The Balaban J connectivity index is 1.69. The van der Waals surface area contributed by atoms with E-state index >= 15 is 0 Å². The maximum absolute atomic E-state index is 12.4. The molecular weight excluding hydrogens is 435 g/mol. The lowest BCUT2D eigenvalue weighted by molar-refractivity contribution is -0.0928. The first-order chi connectivity index (χ1) is 12.1. The molecule has 0 aromatic carbocycles. The molecule has 0 bridgehead atoms. The number of nitrogens with one attached hydrogen (secondary N) is 2. The number of aryl methyl sites for hydroxylation is 1. The summed E-state index contributed by atoms with van der Waals surface area (Å²) >= 11 is 2.22. The molecule has 1 unspecified atom stereocenters. The molecule has 25 heavy (non-hydrogen) atoms. The van der Waals surface area contributed by atoms with Crippen LogP contribution in [0.5, 0.6) is 0 Å². The van der Waals surface area contributed by atoms with Crippen LogP contribution in [0, 0.1) is 10.5 Å². The molecule has 2 atom stereocenters. The number of halogens is 1. The quantitative estimate of drug-likeness (QED) is 0.693. The number of fused-ring (bicyclic) bond motifs is 1. The number of ether oxygens (including phenoxy) is 2. The normalized spacial score (nSPS) is 23.2. The van der Waals surface area contributed by atoms with E-state index in [-0.39, 0.29) is 17.9 Å². The Morgan fingerprint density at radius 2 is 2.28 bits per heavy atom. The van der Waals surface area contributed by atoms with Gasteiger partial charge in [0, 0.05) is 24.4 Å². The van der Waals surface area contributed by atoms with Crippen molar-refractivity contribution in [1.29, 1.82) is 0 Å². The Kier molecular flexibility index (Phi) is 4.74. The van der Waals surface area contributed by atoms with Gasteiger partial charge in [0.25, 0.3) is 5.91 Å². The second kappa shape index (κ2) is 7.00. The average molecular weight is 454 g/mol. The van der Waals surface area contributed by atoms with E-state index in [4.69, 9.17) is 9.47 Å². The number of H-pyrrole nitrogens is 1. The molecule has 0 aliphatic carbocycles. The lowest BCUT2D eigenvalue weighted by atomic mass is 9.92. The predicted octanol–water partition coefficient (Wildman–Crippen LogP) is 2.02. The maximum Gasteiger partial charge on any atom is 0.254 e. The van der Waals surface area contributed by atoms with Crippen LogP contribution in [0.25, 0.3) is 11.4 Å². The van der Waals surface area contributed by atoms with E-state index < -0.39 is 0 Å². The molecule has 0 radical (unpaired) electrons. The first-order valence-electron chi connectivity index (χ1n) is 8.32. The van der Waals surface area contributed by atoms with Crippen LogP contribution in [-0.2, 0) is 9.47 Å². The topological polar surface area (TPSA) is 89.1 Å². The minimum atomic E-state index is -0.0373. The standard InChI is InChI=1S/C17H19IN4O3/c1-9-19-3-2-12(21-9)16-14(18)13-15(22-16)10(7-20-17(13)23)6-11-8-24-4-5-25-11/h2-3,10-11,22H,4-8H2,1H3,(H,20,23)/t10?,11-/m1/s1. The van der Waals surface area contributed by atoms with Crippen LogP contribution in [0.15, 0.2) is 12.3 Å². The van der Waals surface area contributed by atoms with Gasteiger partial charge in [0.15, 0.2) is 0 Å². The van der Waals surface area contributed by atoms with Gasteiger partial charge in [-0.1, -0.05) is 0 Å². The summed E-state index contributed by atoms with van der Waals surface area (Å²) in [5.74, 6) is 0.837. The summed E-state index contributed by atoms with van der Waals surface area (Å²) in [6, 6.07) is 1.86. The Morgan fingerprint density at radius 3 is 3.04 bits per heavy atom. The van der Waals surface area contributed by atoms with Gasteiger partial charge in [0.2, 0.25) is 0 Å². The Hall–Kier alpha value is -1.52. The summed E-state index contributed by atoms with van der Waals surface area (Å²) < 4.78 is 12.2. The molecule has 132 valence electrons. The van der Waals surface area contributed by atoms with Gasteiger partial charge in [-0.2, -0.15) is 0 Å². The molecular formula is C17H19IN4O3. The van der Waals surface area contributed by atoms with Gasteiger partial charge in [0.05, 0.1) is 46.4 Å². The third-order valence-corrected chi connectivity index (χ3v) is 5.66. The summed E-state index contributed by atoms with van der Waals surface area (Å²) in [4.78, 5) is 24.5. The number of amides is 1. The SMILES string of the molecule is Cc1nccc(-c2[nH]c3c(c2I)C(=O)NCC3C[C@@H]2COCCO2)n1. The van der Waals surface area contributed by atoms with Crippen molar-refractivity contribution in [2.24, 2.45) is 0 Å². The number of rotatable bonds is 3. The van der Waals surface area contributed by atoms with Crippen molar-refractivity contribution in [3.63, 3.8) is 0 Å². The van der Waals surface area contributed by atoms with Gasteiger partial charge in [-0.05, 0) is 42.0 Å². The molecule has 2 aliphatic rings. The van der Waals surface area contributed by atoms with E-state index in [1.54, 1.807) is 6.20 Å². The second-order valence-electron chi connectivity index (χ2n) is 6.30. The van der Waals surface area contributed by atoms with Crippen molar-refractivity contribution in [3.8, 4) is 11.4 Å². The van der Waals surface area contributed by atoms with Gasteiger partial charge in [0.1, 0.15) is 5.82 Å². The number of aromatic amines is 1. The highest BCUT2D eigenvalue weighted by atomic mass is 127. The largest absolute Gasteiger partial charge is 0.376 e. The van der Waals surface area contributed by atoms with Crippen molar-refractivity contribution in [2.75, 3.05) is 26.4 Å². The molecule has 1 saturated heterocycles. The zero-order chi connectivity index (χ0) is 17.4. The molecule has 2 aromatic rings. The zero-order valence-electron chi connectivity index (χ0n) is 13.8. The lowest BCUT2D eigenvalue weighted by Gasteiger charge is -2.29. The fraction of sp³-hybridized carbons (Fsp3) is 0.471. The molecule has 1 fully saturated rings. The van der Waals surface area contributed by atoms with Crippen LogP contribution >= 0.6 is 22.6 Å². The highest BCUT2D eigenvalue weighted by Crippen LogP contribution is 2.36. The number of hydrogen-bond acceptors (Lipinski definition) is 5. The van der Waals surface area contributed by atoms with Gasteiger partial charge in [-0.3, -0.25) is 4.79 Å². The van der Waals surface area contributed by atoms with Crippen LogP contribution < -0.4 is 5.32 Å². The Morgan fingerprint density at radius 1 is 1.40 bits per heavy atom. The highest BCUT2D eigenvalue weighted by molar-refractivity contribution is 14.1. The molecule has 4 rings (SSSR count). The van der Waals surface area contributed by atoms with Crippen molar-refractivity contribution in [1.82, 2.24) is 20.3 Å². The third kappa shape index (κ3) is 3.30. The van der Waals surface area contributed by atoms with E-state index in [0.29, 0.717) is 32.2 Å². The summed E-state index contributed by atoms with van der Waals surface area (Å²) in [6.07, 6.45) is 2.61. The van der Waals surface area contributed by atoms with E-state index in [2.05, 4.69) is 42.9 Å². The van der Waals surface area contributed by atoms with E-state index in [0.717, 1.165) is 32.6 Å². The molecule has 7 nitrogen and oxygen atoms in total. The summed E-state index contributed by atoms with van der Waals surface area (Å²) in [5.41, 5.74) is 3.36. The molecule has 0 saturated carbocycles. The Bertz CT molecular complexity index is 801. The number of carbonyl (C=O) groups is 1. The van der Waals surface area contributed by atoms with Crippen LogP contribution in [0.1, 0.15) is 34.2 Å². The number of aromatic nitrogens is 3. The third-order valence-electron chi connectivity index (χ3n) is 4.58. The lowest BCUT2D eigenvalue weighted by Crippen LogP contribution is -2.38. The monoisotopic (exact) mass is 454 g/mol. The number of nitrogens with zero attached hydrogens (tertiary/aromatic N) is 2. The molecule has 8 heteroatoms.